The highest BCUT2D eigenvalue weighted by atomic mass is 79.9. The largest absolute Gasteiger partial charge is 0.492 e. The van der Waals surface area contributed by atoms with Crippen LogP contribution in [0, 0.1) is 17.8 Å². The van der Waals surface area contributed by atoms with Gasteiger partial charge in [0.2, 0.25) is 0 Å². The van der Waals surface area contributed by atoms with Crippen molar-refractivity contribution in [3.8, 4) is 5.75 Å². The Kier molecular flexibility index (Phi) is 3.74. The second kappa shape index (κ2) is 5.58. The molecule has 4 fully saturated rings. The van der Waals surface area contributed by atoms with Gasteiger partial charge in [-0.2, -0.15) is 0 Å². The Morgan fingerprint density at radius 3 is 2.38 bits per heavy atom. The van der Waals surface area contributed by atoms with Gasteiger partial charge in [-0.3, -0.25) is 0 Å². The van der Waals surface area contributed by atoms with E-state index < -0.39 is 0 Å². The van der Waals surface area contributed by atoms with E-state index in [0.717, 1.165) is 41.1 Å². The van der Waals surface area contributed by atoms with E-state index in [1.807, 2.05) is 24.3 Å². The van der Waals surface area contributed by atoms with Gasteiger partial charge in [-0.25, -0.2) is 0 Å². The minimum absolute atomic E-state index is 0.454. The third kappa shape index (κ3) is 3.00. The summed E-state index contributed by atoms with van der Waals surface area (Å²) in [4.78, 5) is 0. The molecule has 1 aromatic rings. The number of nitrogens with one attached hydrogen (secondary N) is 1. The maximum absolute atomic E-state index is 5.86. The molecule has 0 spiro atoms. The van der Waals surface area contributed by atoms with Crippen LogP contribution in [0.15, 0.2) is 28.7 Å². The molecule has 1 aromatic carbocycles. The number of benzene rings is 1. The predicted molar refractivity (Wildman–Crippen MR) is 88.5 cm³/mol. The van der Waals surface area contributed by atoms with Gasteiger partial charge in [0, 0.05) is 16.6 Å². The summed E-state index contributed by atoms with van der Waals surface area (Å²) in [6, 6.07) is 8.10. The Morgan fingerprint density at radius 2 is 1.76 bits per heavy atom. The first kappa shape index (κ1) is 14.1. The lowest BCUT2D eigenvalue weighted by Gasteiger charge is -2.57. The number of halogens is 1. The fourth-order valence-corrected chi connectivity index (χ4v) is 5.75. The van der Waals surface area contributed by atoms with Crippen LogP contribution in [-0.2, 0) is 0 Å². The van der Waals surface area contributed by atoms with E-state index in [1.54, 1.807) is 0 Å². The van der Waals surface area contributed by atoms with Crippen LogP contribution in [-0.4, -0.2) is 18.7 Å². The topological polar surface area (TPSA) is 21.3 Å². The van der Waals surface area contributed by atoms with Crippen molar-refractivity contribution in [1.29, 1.82) is 0 Å². The van der Waals surface area contributed by atoms with Gasteiger partial charge in [0.25, 0.3) is 0 Å². The molecule has 4 aliphatic carbocycles. The molecule has 2 nitrogen and oxygen atoms in total. The zero-order valence-electron chi connectivity index (χ0n) is 12.5. The molecule has 0 radical (unpaired) electrons. The quantitative estimate of drug-likeness (QED) is 0.796. The van der Waals surface area contributed by atoms with E-state index in [-0.39, 0.29) is 0 Å². The molecule has 0 aliphatic heterocycles. The second-order valence-corrected chi connectivity index (χ2v) is 8.35. The Hall–Kier alpha value is -0.540. The van der Waals surface area contributed by atoms with Gasteiger partial charge in [0.05, 0.1) is 0 Å². The standard InChI is InChI=1S/C18H24BrNO/c19-16-2-1-3-17(9-16)21-5-4-20-18-10-13-6-14(11-18)8-15(7-13)12-18/h1-3,9,13-15,20H,4-8,10-12H2. The van der Waals surface area contributed by atoms with Crippen LogP contribution in [0.25, 0.3) is 0 Å². The van der Waals surface area contributed by atoms with Gasteiger partial charge < -0.3 is 10.1 Å². The van der Waals surface area contributed by atoms with Crippen LogP contribution in [0.5, 0.6) is 5.75 Å². The number of ether oxygens (including phenoxy) is 1. The summed E-state index contributed by atoms with van der Waals surface area (Å²) >= 11 is 3.48. The van der Waals surface area contributed by atoms with Crippen molar-refractivity contribution >= 4 is 15.9 Å². The molecule has 21 heavy (non-hydrogen) atoms. The fourth-order valence-electron chi connectivity index (χ4n) is 5.37. The maximum atomic E-state index is 5.86. The van der Waals surface area contributed by atoms with Gasteiger partial charge in [-0.15, -0.1) is 0 Å². The highest BCUT2D eigenvalue weighted by molar-refractivity contribution is 9.10. The Morgan fingerprint density at radius 1 is 1.10 bits per heavy atom. The van der Waals surface area contributed by atoms with Crippen LogP contribution in [0.1, 0.15) is 38.5 Å². The van der Waals surface area contributed by atoms with Crippen LogP contribution >= 0.6 is 15.9 Å². The van der Waals surface area contributed by atoms with Crippen LogP contribution in [0.4, 0.5) is 0 Å². The van der Waals surface area contributed by atoms with E-state index in [1.165, 1.54) is 38.5 Å². The molecule has 5 rings (SSSR count). The molecule has 1 N–H and O–H groups in total. The van der Waals surface area contributed by atoms with Crippen molar-refractivity contribution in [2.75, 3.05) is 13.2 Å². The molecule has 4 bridgehead atoms. The zero-order valence-corrected chi connectivity index (χ0v) is 14.1. The Bertz CT molecular complexity index is 480. The summed E-state index contributed by atoms with van der Waals surface area (Å²) in [5.74, 6) is 3.98. The van der Waals surface area contributed by atoms with Gasteiger partial charge >= 0.3 is 0 Å². The van der Waals surface area contributed by atoms with E-state index in [2.05, 4.69) is 21.2 Å². The first-order valence-electron chi connectivity index (χ1n) is 8.34. The molecule has 0 heterocycles. The molecule has 0 amide bonds. The number of hydrogen-bond donors (Lipinski definition) is 1. The monoisotopic (exact) mass is 349 g/mol. The van der Waals surface area contributed by atoms with Crippen molar-refractivity contribution < 1.29 is 4.74 Å². The minimum atomic E-state index is 0.454. The molecule has 4 saturated carbocycles. The summed E-state index contributed by atoms with van der Waals surface area (Å²) < 4.78 is 6.94. The smallest absolute Gasteiger partial charge is 0.120 e. The third-order valence-electron chi connectivity index (χ3n) is 5.71. The Balaban J connectivity index is 1.29. The summed E-state index contributed by atoms with van der Waals surface area (Å²) in [5.41, 5.74) is 0.454. The molecular weight excluding hydrogens is 326 g/mol. The zero-order chi connectivity index (χ0) is 14.3. The number of rotatable bonds is 5. The van der Waals surface area contributed by atoms with E-state index in [0.29, 0.717) is 5.54 Å². The molecular formula is C18H24BrNO. The van der Waals surface area contributed by atoms with Gasteiger partial charge in [-0.1, -0.05) is 22.0 Å². The van der Waals surface area contributed by atoms with E-state index in [9.17, 15) is 0 Å². The first-order chi connectivity index (χ1) is 10.2. The fraction of sp³-hybridized carbons (Fsp3) is 0.667. The summed E-state index contributed by atoms with van der Waals surface area (Å²) in [6.07, 6.45) is 8.77. The second-order valence-electron chi connectivity index (χ2n) is 7.43. The highest BCUT2D eigenvalue weighted by Gasteiger charge is 2.50. The summed E-state index contributed by atoms with van der Waals surface area (Å²) in [5, 5.41) is 3.88. The van der Waals surface area contributed by atoms with Gasteiger partial charge in [-0.05, 0) is 74.5 Å². The predicted octanol–water partition coefficient (Wildman–Crippen LogP) is 4.39. The third-order valence-corrected chi connectivity index (χ3v) is 6.20. The van der Waals surface area contributed by atoms with Crippen LogP contribution in [0.2, 0.25) is 0 Å². The molecule has 0 saturated heterocycles. The lowest BCUT2D eigenvalue weighted by atomic mass is 9.53. The number of hydrogen-bond acceptors (Lipinski definition) is 2. The van der Waals surface area contributed by atoms with Crippen molar-refractivity contribution in [2.24, 2.45) is 17.8 Å². The van der Waals surface area contributed by atoms with Crippen molar-refractivity contribution in [3.63, 3.8) is 0 Å². The highest BCUT2D eigenvalue weighted by Crippen LogP contribution is 2.55. The molecule has 0 unspecified atom stereocenters. The van der Waals surface area contributed by atoms with Crippen LogP contribution < -0.4 is 10.1 Å². The summed E-state index contributed by atoms with van der Waals surface area (Å²) in [6.45, 7) is 1.73. The molecule has 4 aliphatic rings. The minimum Gasteiger partial charge on any atom is -0.492 e. The normalized spacial score (nSPS) is 36.9. The Labute approximate surface area is 135 Å². The van der Waals surface area contributed by atoms with Crippen LogP contribution in [0.3, 0.4) is 0 Å². The van der Waals surface area contributed by atoms with Crippen molar-refractivity contribution in [3.05, 3.63) is 28.7 Å². The van der Waals surface area contributed by atoms with E-state index >= 15 is 0 Å². The molecule has 0 aromatic heterocycles. The average Bonchev–Trinajstić information content (AvgIpc) is 2.42. The van der Waals surface area contributed by atoms with Crippen molar-refractivity contribution in [1.82, 2.24) is 5.32 Å². The molecule has 114 valence electrons. The first-order valence-corrected chi connectivity index (χ1v) is 9.13. The summed E-state index contributed by atoms with van der Waals surface area (Å²) in [7, 11) is 0. The average molecular weight is 350 g/mol. The van der Waals surface area contributed by atoms with Gasteiger partial charge in [0.15, 0.2) is 0 Å². The maximum Gasteiger partial charge on any atom is 0.120 e. The lowest BCUT2D eigenvalue weighted by Crippen LogP contribution is -2.59. The van der Waals surface area contributed by atoms with Gasteiger partial charge in [0.1, 0.15) is 12.4 Å². The SMILES string of the molecule is Brc1cccc(OCCNC23CC4CC(CC(C4)C2)C3)c1. The molecule has 3 heteroatoms. The van der Waals surface area contributed by atoms with Crippen molar-refractivity contribution in [2.45, 2.75) is 44.1 Å². The van der Waals surface area contributed by atoms with E-state index in [4.69, 9.17) is 4.74 Å². The lowest BCUT2D eigenvalue weighted by molar-refractivity contribution is -0.0207. The molecule has 0 atom stereocenters.